The van der Waals surface area contributed by atoms with Crippen LogP contribution in [-0.2, 0) is 0 Å². The van der Waals surface area contributed by atoms with E-state index in [0.717, 1.165) is 61.5 Å². The molecule has 0 spiro atoms. The Hall–Kier alpha value is -5.28. The number of nitrogens with zero attached hydrogens (tertiary/aromatic N) is 1. The van der Waals surface area contributed by atoms with Crippen molar-refractivity contribution in [3.8, 4) is 11.1 Å². The van der Waals surface area contributed by atoms with Gasteiger partial charge in [-0.1, -0.05) is 84.9 Å². The van der Waals surface area contributed by atoms with E-state index in [-0.39, 0.29) is 0 Å². The van der Waals surface area contributed by atoms with Gasteiger partial charge in [0.15, 0.2) is 0 Å². The summed E-state index contributed by atoms with van der Waals surface area (Å²) >= 11 is 0. The molecule has 0 fully saturated rings. The molecule has 1 aromatic heterocycles. The Balaban J connectivity index is 1.21. The Morgan fingerprint density at radius 2 is 1.05 bits per heavy atom. The van der Waals surface area contributed by atoms with Gasteiger partial charge in [-0.2, -0.15) is 0 Å². The van der Waals surface area contributed by atoms with Crippen molar-refractivity contribution < 1.29 is 4.42 Å². The van der Waals surface area contributed by atoms with E-state index >= 15 is 0 Å². The molecule has 0 saturated carbocycles. The third-order valence-corrected chi connectivity index (χ3v) is 7.02. The predicted molar refractivity (Wildman–Crippen MR) is 164 cm³/mol. The number of benzene rings is 6. The van der Waals surface area contributed by atoms with Crippen LogP contribution in [0, 0.1) is 0 Å². The van der Waals surface area contributed by atoms with Gasteiger partial charge in [0.2, 0.25) is 0 Å². The Labute approximate surface area is 227 Å². The number of nitrogens with one attached hydrogen (secondary N) is 1. The molecule has 6 aromatic carbocycles. The van der Waals surface area contributed by atoms with Crippen molar-refractivity contribution in [2.45, 2.75) is 0 Å². The van der Waals surface area contributed by atoms with E-state index in [9.17, 15) is 0 Å². The highest BCUT2D eigenvalue weighted by atomic mass is 16.3. The van der Waals surface area contributed by atoms with Crippen LogP contribution in [-0.4, -0.2) is 0 Å². The lowest BCUT2D eigenvalue weighted by Gasteiger charge is -2.25. The Morgan fingerprint density at radius 1 is 0.462 bits per heavy atom. The van der Waals surface area contributed by atoms with Gasteiger partial charge >= 0.3 is 0 Å². The van der Waals surface area contributed by atoms with E-state index in [1.807, 2.05) is 24.3 Å². The van der Waals surface area contributed by atoms with Crippen molar-refractivity contribution in [3.05, 3.63) is 152 Å². The average molecular weight is 503 g/mol. The van der Waals surface area contributed by atoms with Crippen molar-refractivity contribution in [1.29, 1.82) is 0 Å². The van der Waals surface area contributed by atoms with Crippen LogP contribution in [0.3, 0.4) is 0 Å². The lowest BCUT2D eigenvalue weighted by atomic mass is 10.0. The van der Waals surface area contributed by atoms with Crippen molar-refractivity contribution in [2.24, 2.45) is 0 Å². The fraction of sp³-hybridized carbons (Fsp3) is 0. The van der Waals surface area contributed by atoms with Gasteiger partial charge < -0.3 is 14.6 Å². The molecule has 0 atom stereocenters. The quantitative estimate of drug-likeness (QED) is 0.245. The monoisotopic (exact) mass is 502 g/mol. The fourth-order valence-corrected chi connectivity index (χ4v) is 5.18. The van der Waals surface area contributed by atoms with Crippen LogP contribution in [0.2, 0.25) is 0 Å². The van der Waals surface area contributed by atoms with Gasteiger partial charge in [0.05, 0.1) is 0 Å². The lowest BCUT2D eigenvalue weighted by molar-refractivity contribution is 0.670. The van der Waals surface area contributed by atoms with E-state index in [4.69, 9.17) is 4.42 Å². The minimum atomic E-state index is 0.885. The molecule has 3 nitrogen and oxygen atoms in total. The van der Waals surface area contributed by atoms with Crippen LogP contribution < -0.4 is 10.2 Å². The molecule has 7 rings (SSSR count). The van der Waals surface area contributed by atoms with Crippen molar-refractivity contribution in [3.63, 3.8) is 0 Å². The smallest absolute Gasteiger partial charge is 0.143 e. The van der Waals surface area contributed by atoms with E-state index in [1.165, 1.54) is 0 Å². The van der Waals surface area contributed by atoms with Gasteiger partial charge in [-0.3, -0.25) is 0 Å². The molecule has 1 N–H and O–H groups in total. The van der Waals surface area contributed by atoms with E-state index in [0.29, 0.717) is 0 Å². The second kappa shape index (κ2) is 9.88. The standard InChI is InChI=1S/C36H26N2O/c1-4-11-26(12-5-1)32-17-10-18-33-34-25-28(21-24-35(34)39-36(32)33)37-27-19-22-31(23-20-27)38(29-13-6-2-7-14-29)30-15-8-3-9-16-30/h1-25,37H. The SMILES string of the molecule is c1ccc(-c2cccc3c2oc2ccc(Nc4ccc(N(c5ccccc5)c5ccccc5)cc4)cc23)cc1. The number of para-hydroxylation sites is 3. The third-order valence-electron chi connectivity index (χ3n) is 7.02. The first-order chi connectivity index (χ1) is 19.3. The second-order valence-electron chi connectivity index (χ2n) is 9.54. The van der Waals surface area contributed by atoms with E-state index in [1.54, 1.807) is 0 Å². The van der Waals surface area contributed by atoms with Crippen LogP contribution in [0.4, 0.5) is 28.4 Å². The van der Waals surface area contributed by atoms with Crippen molar-refractivity contribution in [1.82, 2.24) is 0 Å². The van der Waals surface area contributed by atoms with Gasteiger partial charge in [0, 0.05) is 44.8 Å². The fourth-order valence-electron chi connectivity index (χ4n) is 5.18. The van der Waals surface area contributed by atoms with E-state index < -0.39 is 0 Å². The predicted octanol–water partition coefficient (Wildman–Crippen LogP) is 10.5. The molecule has 186 valence electrons. The molecule has 0 aliphatic heterocycles. The van der Waals surface area contributed by atoms with Gasteiger partial charge in [0.25, 0.3) is 0 Å². The molecule has 0 aliphatic rings. The molecule has 0 unspecified atom stereocenters. The summed E-state index contributed by atoms with van der Waals surface area (Å²) in [5, 5.41) is 5.80. The molecule has 0 aliphatic carbocycles. The first-order valence-corrected chi connectivity index (χ1v) is 13.1. The molecule has 1 heterocycles. The average Bonchev–Trinajstić information content (AvgIpc) is 3.38. The minimum absolute atomic E-state index is 0.885. The number of fused-ring (bicyclic) bond motifs is 3. The van der Waals surface area contributed by atoms with Gasteiger partial charge in [-0.05, 0) is 72.3 Å². The zero-order chi connectivity index (χ0) is 26.0. The minimum Gasteiger partial charge on any atom is -0.455 e. The summed E-state index contributed by atoms with van der Waals surface area (Å²) in [7, 11) is 0. The van der Waals surface area contributed by atoms with Crippen LogP contribution >= 0.6 is 0 Å². The summed E-state index contributed by atoms with van der Waals surface area (Å²) in [6, 6.07) is 52.5. The number of furan rings is 1. The first kappa shape index (κ1) is 22.9. The maximum atomic E-state index is 6.34. The second-order valence-corrected chi connectivity index (χ2v) is 9.54. The van der Waals surface area contributed by atoms with Crippen LogP contribution in [0.5, 0.6) is 0 Å². The summed E-state index contributed by atoms with van der Waals surface area (Å²) in [5.74, 6) is 0. The molecule has 0 bridgehead atoms. The summed E-state index contributed by atoms with van der Waals surface area (Å²) in [6.07, 6.45) is 0. The molecular weight excluding hydrogens is 476 g/mol. The summed E-state index contributed by atoms with van der Waals surface area (Å²) in [6.45, 7) is 0. The van der Waals surface area contributed by atoms with Gasteiger partial charge in [-0.15, -0.1) is 0 Å². The highest BCUT2D eigenvalue weighted by Crippen LogP contribution is 2.38. The molecule has 39 heavy (non-hydrogen) atoms. The number of anilines is 5. The molecule has 0 radical (unpaired) electrons. The van der Waals surface area contributed by atoms with Gasteiger partial charge in [0.1, 0.15) is 11.2 Å². The van der Waals surface area contributed by atoms with E-state index in [2.05, 4.69) is 138 Å². The maximum Gasteiger partial charge on any atom is 0.143 e. The topological polar surface area (TPSA) is 28.4 Å². The highest BCUT2D eigenvalue weighted by molar-refractivity contribution is 6.10. The Kier molecular flexibility index (Phi) is 5.80. The summed E-state index contributed by atoms with van der Waals surface area (Å²) in [5.41, 5.74) is 9.45. The van der Waals surface area contributed by atoms with Crippen molar-refractivity contribution in [2.75, 3.05) is 10.2 Å². The molecular formula is C36H26N2O. The number of rotatable bonds is 6. The van der Waals surface area contributed by atoms with Crippen LogP contribution in [0.25, 0.3) is 33.1 Å². The maximum absolute atomic E-state index is 6.34. The summed E-state index contributed by atoms with van der Waals surface area (Å²) in [4.78, 5) is 2.26. The summed E-state index contributed by atoms with van der Waals surface area (Å²) < 4.78 is 6.34. The Bertz CT molecular complexity index is 1820. The highest BCUT2D eigenvalue weighted by Gasteiger charge is 2.14. The largest absolute Gasteiger partial charge is 0.455 e. The normalized spacial score (nSPS) is 11.1. The zero-order valence-electron chi connectivity index (χ0n) is 21.3. The zero-order valence-corrected chi connectivity index (χ0v) is 21.3. The molecule has 0 saturated heterocycles. The molecule has 7 aromatic rings. The van der Waals surface area contributed by atoms with Crippen molar-refractivity contribution >= 4 is 50.4 Å². The first-order valence-electron chi connectivity index (χ1n) is 13.1. The lowest BCUT2D eigenvalue weighted by Crippen LogP contribution is -2.09. The van der Waals surface area contributed by atoms with Crippen LogP contribution in [0.1, 0.15) is 0 Å². The van der Waals surface area contributed by atoms with Gasteiger partial charge in [-0.25, -0.2) is 0 Å². The number of hydrogen-bond acceptors (Lipinski definition) is 3. The van der Waals surface area contributed by atoms with Crippen LogP contribution in [0.15, 0.2) is 156 Å². The number of hydrogen-bond donors (Lipinski definition) is 1. The molecule has 3 heteroatoms. The Morgan fingerprint density at radius 3 is 1.72 bits per heavy atom. The molecule has 0 amide bonds. The third kappa shape index (κ3) is 4.41.